The quantitative estimate of drug-likeness (QED) is 0.765. The van der Waals surface area contributed by atoms with Crippen molar-refractivity contribution in [2.45, 2.75) is 19.8 Å². The van der Waals surface area contributed by atoms with Crippen LogP contribution < -0.4 is 5.32 Å². The monoisotopic (exact) mass is 285 g/mol. The summed E-state index contributed by atoms with van der Waals surface area (Å²) >= 11 is 1.49. The summed E-state index contributed by atoms with van der Waals surface area (Å²) in [5.41, 5.74) is 1.04. The van der Waals surface area contributed by atoms with Gasteiger partial charge in [0.2, 0.25) is 0 Å². The van der Waals surface area contributed by atoms with E-state index >= 15 is 0 Å². The minimum atomic E-state index is -0.110. The van der Waals surface area contributed by atoms with Gasteiger partial charge in [0.1, 0.15) is 0 Å². The molecule has 102 valence electrons. The lowest BCUT2D eigenvalue weighted by Crippen LogP contribution is -2.10. The van der Waals surface area contributed by atoms with Crippen molar-refractivity contribution in [3.63, 3.8) is 0 Å². The summed E-state index contributed by atoms with van der Waals surface area (Å²) in [5.74, 6) is 0.469. The van der Waals surface area contributed by atoms with Crippen molar-refractivity contribution >= 4 is 33.1 Å². The summed E-state index contributed by atoms with van der Waals surface area (Å²) in [6.07, 6.45) is 1.98. The Bertz CT molecular complexity index is 711. The molecular weight excluding hydrogens is 270 g/mol. The third-order valence-corrected chi connectivity index (χ3v) is 4.16. The molecule has 0 aliphatic heterocycles. The molecule has 4 nitrogen and oxygen atoms in total. The van der Waals surface area contributed by atoms with Crippen LogP contribution in [0.2, 0.25) is 0 Å². The average molecular weight is 285 g/mol. The molecule has 0 spiro atoms. The Balaban J connectivity index is 1.77. The minimum Gasteiger partial charge on any atom is -0.304 e. The van der Waals surface area contributed by atoms with Crippen molar-refractivity contribution in [3.8, 4) is 0 Å². The first-order chi connectivity index (χ1) is 9.76. The highest BCUT2D eigenvalue weighted by Gasteiger charge is 2.11. The van der Waals surface area contributed by atoms with Gasteiger partial charge in [-0.3, -0.25) is 9.89 Å². The smallest absolute Gasteiger partial charge is 0.266 e. The van der Waals surface area contributed by atoms with Gasteiger partial charge in [0, 0.05) is 16.5 Å². The Morgan fingerprint density at radius 3 is 3.00 bits per heavy atom. The Kier molecular flexibility index (Phi) is 3.52. The summed E-state index contributed by atoms with van der Waals surface area (Å²) in [4.78, 5) is 12.9. The first kappa shape index (κ1) is 12.9. The Labute approximate surface area is 120 Å². The molecule has 0 saturated heterocycles. The lowest BCUT2D eigenvalue weighted by atomic mass is 10.2. The Morgan fingerprint density at radius 2 is 2.20 bits per heavy atom. The number of nitrogens with zero attached hydrogens (tertiary/aromatic N) is 1. The third kappa shape index (κ3) is 2.58. The zero-order valence-corrected chi connectivity index (χ0v) is 12.0. The summed E-state index contributed by atoms with van der Waals surface area (Å²) in [6.45, 7) is 2.11. The van der Waals surface area contributed by atoms with Crippen LogP contribution in [0.25, 0.3) is 10.1 Å². The van der Waals surface area contributed by atoms with E-state index in [1.54, 1.807) is 0 Å². The summed E-state index contributed by atoms with van der Waals surface area (Å²) < 4.78 is 1.12. The molecule has 0 saturated carbocycles. The first-order valence-electron chi connectivity index (χ1n) is 6.60. The van der Waals surface area contributed by atoms with Crippen LogP contribution >= 0.6 is 11.3 Å². The van der Waals surface area contributed by atoms with Crippen LogP contribution in [0, 0.1) is 0 Å². The van der Waals surface area contributed by atoms with Crippen molar-refractivity contribution in [1.82, 2.24) is 10.2 Å². The molecule has 2 heterocycles. The molecule has 0 unspecified atom stereocenters. The number of hydrogen-bond acceptors (Lipinski definition) is 3. The summed E-state index contributed by atoms with van der Waals surface area (Å²) in [5, 5.41) is 11.0. The van der Waals surface area contributed by atoms with Gasteiger partial charge in [-0.15, -0.1) is 11.3 Å². The molecule has 0 fully saturated rings. The van der Waals surface area contributed by atoms with Crippen LogP contribution in [-0.4, -0.2) is 16.1 Å². The van der Waals surface area contributed by atoms with Crippen LogP contribution in [-0.2, 0) is 6.42 Å². The summed E-state index contributed by atoms with van der Waals surface area (Å²) in [6, 6.07) is 11.8. The number of carbonyl (C=O) groups excluding carboxylic acids is 1. The number of aromatic amines is 1. The van der Waals surface area contributed by atoms with E-state index in [4.69, 9.17) is 0 Å². The lowest BCUT2D eigenvalue weighted by molar-refractivity contribution is 0.103. The Hall–Kier alpha value is -2.14. The molecule has 0 radical (unpaired) electrons. The molecule has 0 aliphatic rings. The SMILES string of the molecule is CCCc1cc(NC(=O)c2cc3ccccc3s2)n[nH]1. The van der Waals surface area contributed by atoms with Gasteiger partial charge in [-0.1, -0.05) is 31.5 Å². The number of benzene rings is 1. The number of fused-ring (bicyclic) bond motifs is 1. The molecule has 3 aromatic rings. The average Bonchev–Trinajstić information content (AvgIpc) is 3.05. The van der Waals surface area contributed by atoms with Crippen LogP contribution in [0.5, 0.6) is 0 Å². The van der Waals surface area contributed by atoms with Crippen molar-refractivity contribution < 1.29 is 4.79 Å². The molecule has 1 aromatic carbocycles. The van der Waals surface area contributed by atoms with Crippen molar-refractivity contribution in [2.75, 3.05) is 5.32 Å². The van der Waals surface area contributed by atoms with Crippen molar-refractivity contribution in [3.05, 3.63) is 47.0 Å². The van der Waals surface area contributed by atoms with Crippen molar-refractivity contribution in [2.24, 2.45) is 0 Å². The fourth-order valence-corrected chi connectivity index (χ4v) is 3.05. The van der Waals surface area contributed by atoms with Gasteiger partial charge in [-0.25, -0.2) is 0 Å². The second-order valence-corrected chi connectivity index (χ2v) is 5.71. The number of hydrogen-bond donors (Lipinski definition) is 2. The molecule has 3 rings (SSSR count). The van der Waals surface area contributed by atoms with E-state index in [2.05, 4.69) is 22.4 Å². The van der Waals surface area contributed by atoms with E-state index in [9.17, 15) is 4.79 Å². The normalized spacial score (nSPS) is 10.8. The number of rotatable bonds is 4. The van der Waals surface area contributed by atoms with E-state index < -0.39 is 0 Å². The highest BCUT2D eigenvalue weighted by molar-refractivity contribution is 7.20. The second-order valence-electron chi connectivity index (χ2n) is 4.63. The number of thiophene rings is 1. The molecule has 0 bridgehead atoms. The maximum absolute atomic E-state index is 12.2. The van der Waals surface area contributed by atoms with Crippen LogP contribution in [0.15, 0.2) is 36.4 Å². The minimum absolute atomic E-state index is 0.110. The third-order valence-electron chi connectivity index (χ3n) is 3.04. The molecule has 2 N–H and O–H groups in total. The number of carbonyl (C=O) groups is 1. The fourth-order valence-electron chi connectivity index (χ4n) is 2.09. The van der Waals surface area contributed by atoms with Gasteiger partial charge in [0.05, 0.1) is 4.88 Å². The zero-order chi connectivity index (χ0) is 13.9. The number of nitrogens with one attached hydrogen (secondary N) is 2. The molecule has 2 aromatic heterocycles. The maximum Gasteiger partial charge on any atom is 0.266 e. The summed E-state index contributed by atoms with van der Waals surface area (Å²) in [7, 11) is 0. The van der Waals surface area contributed by atoms with Gasteiger partial charge >= 0.3 is 0 Å². The molecule has 5 heteroatoms. The number of aryl methyl sites for hydroxylation is 1. The Morgan fingerprint density at radius 1 is 1.35 bits per heavy atom. The fraction of sp³-hybridized carbons (Fsp3) is 0.200. The molecule has 0 atom stereocenters. The standard InChI is InChI=1S/C15H15N3OS/c1-2-5-11-9-14(18-17-11)16-15(19)13-8-10-6-3-4-7-12(10)20-13/h3-4,6-9H,2,5H2,1H3,(H2,16,17,18,19). The number of H-pyrrole nitrogens is 1. The van der Waals surface area contributed by atoms with Crippen LogP contribution in [0.3, 0.4) is 0 Å². The molecule has 1 amide bonds. The van der Waals surface area contributed by atoms with E-state index in [0.29, 0.717) is 10.7 Å². The van der Waals surface area contributed by atoms with Gasteiger partial charge in [0.25, 0.3) is 5.91 Å². The maximum atomic E-state index is 12.2. The van der Waals surface area contributed by atoms with Crippen LogP contribution in [0.4, 0.5) is 5.82 Å². The lowest BCUT2D eigenvalue weighted by Gasteiger charge is -1.97. The van der Waals surface area contributed by atoms with Gasteiger partial charge in [-0.2, -0.15) is 5.10 Å². The number of amides is 1. The highest BCUT2D eigenvalue weighted by Crippen LogP contribution is 2.25. The van der Waals surface area contributed by atoms with Gasteiger partial charge in [-0.05, 0) is 23.9 Å². The second kappa shape index (κ2) is 5.46. The van der Waals surface area contributed by atoms with Crippen LogP contribution in [0.1, 0.15) is 28.7 Å². The van der Waals surface area contributed by atoms with E-state index in [1.165, 1.54) is 11.3 Å². The molecule has 0 aliphatic carbocycles. The van der Waals surface area contributed by atoms with Gasteiger partial charge < -0.3 is 5.32 Å². The number of aromatic nitrogens is 2. The van der Waals surface area contributed by atoms with Crippen molar-refractivity contribution in [1.29, 1.82) is 0 Å². The van der Waals surface area contributed by atoms with E-state index in [1.807, 2.05) is 36.4 Å². The van der Waals surface area contributed by atoms with Gasteiger partial charge in [0.15, 0.2) is 5.82 Å². The zero-order valence-electron chi connectivity index (χ0n) is 11.1. The van der Waals surface area contributed by atoms with E-state index in [0.717, 1.165) is 28.6 Å². The predicted octanol–water partition coefficient (Wildman–Crippen LogP) is 3.83. The first-order valence-corrected chi connectivity index (χ1v) is 7.42. The predicted molar refractivity (Wildman–Crippen MR) is 82.4 cm³/mol. The largest absolute Gasteiger partial charge is 0.304 e. The molecule has 20 heavy (non-hydrogen) atoms. The molecular formula is C15H15N3OS. The van der Waals surface area contributed by atoms with E-state index in [-0.39, 0.29) is 5.91 Å². The number of anilines is 1. The topological polar surface area (TPSA) is 57.8 Å². The highest BCUT2D eigenvalue weighted by atomic mass is 32.1.